The van der Waals surface area contributed by atoms with Crippen LogP contribution in [0.5, 0.6) is 11.5 Å². The fourth-order valence-corrected chi connectivity index (χ4v) is 2.79. The molecule has 0 saturated carbocycles. The largest absolute Gasteiger partial charge is 0.493 e. The van der Waals surface area contributed by atoms with E-state index in [0.717, 1.165) is 16.1 Å². The highest BCUT2D eigenvalue weighted by Gasteiger charge is 2.18. The predicted molar refractivity (Wildman–Crippen MR) is 92.9 cm³/mol. The molecule has 0 aliphatic rings. The third-order valence-corrected chi connectivity index (χ3v) is 4.52. The molecule has 0 unspecified atom stereocenters. The van der Waals surface area contributed by atoms with Gasteiger partial charge in [-0.1, -0.05) is 12.1 Å². The molecule has 8 heteroatoms. The summed E-state index contributed by atoms with van der Waals surface area (Å²) in [5.41, 5.74) is 0.971. The van der Waals surface area contributed by atoms with Gasteiger partial charge in [0.05, 0.1) is 27.0 Å². The van der Waals surface area contributed by atoms with Gasteiger partial charge >= 0.3 is 0 Å². The van der Waals surface area contributed by atoms with Gasteiger partial charge in [0.15, 0.2) is 11.5 Å². The van der Waals surface area contributed by atoms with E-state index in [-0.39, 0.29) is 19.0 Å². The van der Waals surface area contributed by atoms with Crippen LogP contribution < -0.4 is 14.8 Å². The van der Waals surface area contributed by atoms with Gasteiger partial charge in [0.25, 0.3) is 0 Å². The summed E-state index contributed by atoms with van der Waals surface area (Å²) in [4.78, 5) is 11.9. The Hall–Kier alpha value is -2.06. The molecule has 0 aliphatic heterocycles. The number of rotatable bonds is 10. The van der Waals surface area contributed by atoms with Crippen LogP contribution in [0.2, 0.25) is 0 Å². The maximum atomic E-state index is 11.9. The van der Waals surface area contributed by atoms with Gasteiger partial charge in [0, 0.05) is 13.1 Å². The van der Waals surface area contributed by atoms with Crippen LogP contribution in [-0.4, -0.2) is 58.7 Å². The lowest BCUT2D eigenvalue weighted by Crippen LogP contribution is -2.40. The number of amides is 1. The Morgan fingerprint density at radius 2 is 1.96 bits per heavy atom. The van der Waals surface area contributed by atoms with Gasteiger partial charge < -0.3 is 14.8 Å². The van der Waals surface area contributed by atoms with Crippen molar-refractivity contribution in [2.24, 2.45) is 0 Å². The van der Waals surface area contributed by atoms with E-state index in [1.807, 2.05) is 12.1 Å². The van der Waals surface area contributed by atoms with E-state index in [0.29, 0.717) is 24.5 Å². The molecule has 0 atom stereocenters. The lowest BCUT2D eigenvalue weighted by atomic mass is 10.1. The minimum absolute atomic E-state index is 0.0991. The Morgan fingerprint density at radius 3 is 2.50 bits per heavy atom. The van der Waals surface area contributed by atoms with Crippen molar-refractivity contribution < 1.29 is 22.7 Å². The summed E-state index contributed by atoms with van der Waals surface area (Å²) in [5.74, 6) is 0.900. The lowest BCUT2D eigenvalue weighted by Gasteiger charge is -2.17. The van der Waals surface area contributed by atoms with Gasteiger partial charge in [0.2, 0.25) is 15.9 Å². The molecular formula is C16H24N2O5S. The summed E-state index contributed by atoms with van der Waals surface area (Å²) in [7, 11) is -0.323. The summed E-state index contributed by atoms with van der Waals surface area (Å²) in [5, 5.41) is 2.71. The molecule has 0 fully saturated rings. The van der Waals surface area contributed by atoms with Crippen molar-refractivity contribution in [2.45, 2.75) is 6.42 Å². The highest BCUT2D eigenvalue weighted by Crippen LogP contribution is 2.27. The fourth-order valence-electron chi connectivity index (χ4n) is 2.06. The molecule has 24 heavy (non-hydrogen) atoms. The first-order valence-electron chi connectivity index (χ1n) is 7.35. The predicted octanol–water partition coefficient (Wildman–Crippen LogP) is 0.810. The maximum absolute atomic E-state index is 11.9. The number of sulfonamides is 1. The van der Waals surface area contributed by atoms with Gasteiger partial charge in [-0.25, -0.2) is 8.42 Å². The average Bonchev–Trinajstić information content (AvgIpc) is 2.53. The Kier molecular flexibility index (Phi) is 7.73. The Morgan fingerprint density at radius 1 is 1.29 bits per heavy atom. The van der Waals surface area contributed by atoms with Gasteiger partial charge in [-0.2, -0.15) is 4.31 Å². The molecule has 1 amide bonds. The van der Waals surface area contributed by atoms with Gasteiger partial charge in [0.1, 0.15) is 0 Å². The molecule has 0 aliphatic carbocycles. The summed E-state index contributed by atoms with van der Waals surface area (Å²) in [6.07, 6.45) is 3.10. The van der Waals surface area contributed by atoms with Crippen LogP contribution in [-0.2, 0) is 21.2 Å². The second-order valence-corrected chi connectivity index (χ2v) is 7.12. The number of hydrogen-bond acceptors (Lipinski definition) is 5. The minimum atomic E-state index is -3.45. The molecule has 1 aromatic rings. The zero-order chi connectivity index (χ0) is 18.2. The summed E-state index contributed by atoms with van der Waals surface area (Å²) in [6, 6.07) is 5.52. The number of carbonyl (C=O) groups is 1. The molecular weight excluding hydrogens is 332 g/mol. The zero-order valence-corrected chi connectivity index (χ0v) is 15.1. The number of methoxy groups -OCH3 is 2. The van der Waals surface area contributed by atoms with Crippen LogP contribution in [0, 0.1) is 0 Å². The van der Waals surface area contributed by atoms with Crippen molar-refractivity contribution >= 4 is 15.9 Å². The number of nitrogens with one attached hydrogen (secondary N) is 1. The zero-order valence-electron chi connectivity index (χ0n) is 14.2. The third-order valence-electron chi connectivity index (χ3n) is 3.31. The highest BCUT2D eigenvalue weighted by molar-refractivity contribution is 7.88. The SMILES string of the molecule is C=CCN(CC(=O)NCCc1ccc(OC)c(OC)c1)S(C)(=O)=O. The van der Waals surface area contributed by atoms with Crippen LogP contribution >= 0.6 is 0 Å². The molecule has 0 aromatic heterocycles. The normalized spacial score (nSPS) is 11.2. The standard InChI is InChI=1S/C16H24N2O5S/c1-5-10-18(24(4,20)21)12-16(19)17-9-8-13-6-7-14(22-2)15(11-13)23-3/h5-7,11H,1,8-10,12H2,2-4H3,(H,17,19). The number of carbonyl (C=O) groups excluding carboxylic acids is 1. The summed E-state index contributed by atoms with van der Waals surface area (Å²) in [6.45, 7) is 3.76. The molecule has 0 heterocycles. The first kappa shape index (κ1) is 20.0. The molecule has 1 rings (SSSR count). The smallest absolute Gasteiger partial charge is 0.235 e. The summed E-state index contributed by atoms with van der Waals surface area (Å²) < 4.78 is 34.6. The number of hydrogen-bond donors (Lipinski definition) is 1. The lowest BCUT2D eigenvalue weighted by molar-refractivity contribution is -0.121. The average molecular weight is 356 g/mol. The quantitative estimate of drug-likeness (QED) is 0.627. The van der Waals surface area contributed by atoms with E-state index >= 15 is 0 Å². The molecule has 1 aromatic carbocycles. The van der Waals surface area contributed by atoms with Crippen LogP contribution in [0.25, 0.3) is 0 Å². The summed E-state index contributed by atoms with van der Waals surface area (Å²) >= 11 is 0. The van der Waals surface area contributed by atoms with Gasteiger partial charge in [-0.15, -0.1) is 6.58 Å². The molecule has 7 nitrogen and oxygen atoms in total. The van der Waals surface area contributed by atoms with Crippen molar-refractivity contribution in [1.82, 2.24) is 9.62 Å². The second-order valence-electron chi connectivity index (χ2n) is 5.13. The third kappa shape index (κ3) is 6.21. The van der Waals surface area contributed by atoms with Gasteiger partial charge in [-0.05, 0) is 24.1 Å². The van der Waals surface area contributed by atoms with E-state index in [9.17, 15) is 13.2 Å². The second kappa shape index (κ2) is 9.29. The van der Waals surface area contributed by atoms with E-state index in [4.69, 9.17) is 9.47 Å². The molecule has 0 spiro atoms. The minimum Gasteiger partial charge on any atom is -0.493 e. The van der Waals surface area contributed by atoms with E-state index in [2.05, 4.69) is 11.9 Å². The van der Waals surface area contributed by atoms with E-state index in [1.54, 1.807) is 20.3 Å². The number of nitrogens with zero attached hydrogens (tertiary/aromatic N) is 1. The van der Waals surface area contributed by atoms with Crippen LogP contribution in [0.4, 0.5) is 0 Å². The van der Waals surface area contributed by atoms with Crippen molar-refractivity contribution in [3.8, 4) is 11.5 Å². The van der Waals surface area contributed by atoms with Crippen molar-refractivity contribution in [3.63, 3.8) is 0 Å². The monoisotopic (exact) mass is 356 g/mol. The highest BCUT2D eigenvalue weighted by atomic mass is 32.2. The van der Waals surface area contributed by atoms with E-state index < -0.39 is 10.0 Å². The Labute approximate surface area is 143 Å². The fraction of sp³-hybridized carbons (Fsp3) is 0.438. The van der Waals surface area contributed by atoms with Gasteiger partial charge in [-0.3, -0.25) is 4.79 Å². The van der Waals surface area contributed by atoms with Crippen LogP contribution in [0.3, 0.4) is 0 Å². The first-order valence-corrected chi connectivity index (χ1v) is 9.20. The van der Waals surface area contributed by atoms with Crippen molar-refractivity contribution in [1.29, 1.82) is 0 Å². The Balaban J connectivity index is 2.55. The molecule has 0 radical (unpaired) electrons. The molecule has 0 bridgehead atoms. The van der Waals surface area contributed by atoms with Crippen molar-refractivity contribution in [3.05, 3.63) is 36.4 Å². The topological polar surface area (TPSA) is 84.9 Å². The molecule has 0 saturated heterocycles. The maximum Gasteiger partial charge on any atom is 0.235 e. The number of benzene rings is 1. The van der Waals surface area contributed by atoms with Crippen molar-refractivity contribution in [2.75, 3.05) is 40.1 Å². The Bertz CT molecular complexity index is 673. The van der Waals surface area contributed by atoms with Crippen LogP contribution in [0.1, 0.15) is 5.56 Å². The van der Waals surface area contributed by atoms with E-state index in [1.165, 1.54) is 6.08 Å². The first-order chi connectivity index (χ1) is 11.3. The number of ether oxygens (including phenoxy) is 2. The van der Waals surface area contributed by atoms with Crippen LogP contribution in [0.15, 0.2) is 30.9 Å². The molecule has 134 valence electrons. The molecule has 1 N–H and O–H groups in total.